The first-order chi connectivity index (χ1) is 9.58. The van der Waals surface area contributed by atoms with Gasteiger partial charge in [0.25, 0.3) is 0 Å². The van der Waals surface area contributed by atoms with Crippen molar-refractivity contribution in [3.63, 3.8) is 0 Å². The van der Waals surface area contributed by atoms with Crippen LogP contribution >= 0.6 is 27.5 Å². The topological polar surface area (TPSA) is 22.0 Å². The standard InChI is InChI=1S/C16H11BrClNO/c1-19-9-13(11-4-2-3-5-15(11)19)16(20)12-7-6-10(17)8-14(12)18/h2-9H,1H3. The van der Waals surface area contributed by atoms with Crippen molar-refractivity contribution in [1.82, 2.24) is 4.57 Å². The first kappa shape index (κ1) is 13.4. The van der Waals surface area contributed by atoms with Crippen LogP contribution in [0.5, 0.6) is 0 Å². The van der Waals surface area contributed by atoms with E-state index in [-0.39, 0.29) is 5.78 Å². The van der Waals surface area contributed by atoms with Crippen LogP contribution in [-0.4, -0.2) is 10.4 Å². The molecule has 0 saturated heterocycles. The van der Waals surface area contributed by atoms with Crippen molar-refractivity contribution in [2.75, 3.05) is 0 Å². The van der Waals surface area contributed by atoms with E-state index in [1.807, 2.05) is 48.1 Å². The molecule has 0 N–H and O–H groups in total. The Morgan fingerprint density at radius 3 is 2.65 bits per heavy atom. The summed E-state index contributed by atoms with van der Waals surface area (Å²) in [5.74, 6) is -0.0562. The average molecular weight is 349 g/mol. The molecule has 3 rings (SSSR count). The number of nitrogens with zero attached hydrogens (tertiary/aromatic N) is 1. The van der Waals surface area contributed by atoms with Gasteiger partial charge in [-0.05, 0) is 24.3 Å². The number of fused-ring (bicyclic) bond motifs is 1. The molecule has 2 nitrogen and oxygen atoms in total. The zero-order valence-corrected chi connectivity index (χ0v) is 13.1. The molecular formula is C16H11BrClNO. The maximum atomic E-state index is 12.7. The van der Waals surface area contributed by atoms with Crippen molar-refractivity contribution >= 4 is 44.2 Å². The van der Waals surface area contributed by atoms with Crippen LogP contribution < -0.4 is 0 Å². The van der Waals surface area contributed by atoms with E-state index < -0.39 is 0 Å². The van der Waals surface area contributed by atoms with Crippen LogP contribution in [0.1, 0.15) is 15.9 Å². The summed E-state index contributed by atoms with van der Waals surface area (Å²) in [6, 6.07) is 13.1. The molecule has 1 aromatic heterocycles. The van der Waals surface area contributed by atoms with Gasteiger partial charge in [-0.15, -0.1) is 0 Å². The fraction of sp³-hybridized carbons (Fsp3) is 0.0625. The average Bonchev–Trinajstić information content (AvgIpc) is 2.76. The van der Waals surface area contributed by atoms with Crippen molar-refractivity contribution in [3.8, 4) is 0 Å². The van der Waals surface area contributed by atoms with E-state index >= 15 is 0 Å². The number of para-hydroxylation sites is 1. The number of carbonyl (C=O) groups is 1. The van der Waals surface area contributed by atoms with Crippen molar-refractivity contribution in [2.45, 2.75) is 0 Å². The van der Waals surface area contributed by atoms with Gasteiger partial charge in [-0.1, -0.05) is 45.7 Å². The first-order valence-corrected chi connectivity index (χ1v) is 7.29. The summed E-state index contributed by atoms with van der Waals surface area (Å²) in [7, 11) is 1.93. The molecule has 100 valence electrons. The van der Waals surface area contributed by atoms with Gasteiger partial charge in [-0.25, -0.2) is 0 Å². The van der Waals surface area contributed by atoms with Crippen LogP contribution in [-0.2, 0) is 7.05 Å². The third-order valence-electron chi connectivity index (χ3n) is 3.32. The lowest BCUT2D eigenvalue weighted by Crippen LogP contribution is -2.01. The highest BCUT2D eigenvalue weighted by Gasteiger charge is 2.17. The Bertz CT molecular complexity index is 822. The minimum absolute atomic E-state index is 0.0562. The van der Waals surface area contributed by atoms with Crippen LogP contribution in [0.2, 0.25) is 5.02 Å². The Morgan fingerprint density at radius 2 is 1.90 bits per heavy atom. The van der Waals surface area contributed by atoms with E-state index in [4.69, 9.17) is 11.6 Å². The van der Waals surface area contributed by atoms with E-state index in [0.29, 0.717) is 16.1 Å². The molecule has 3 aromatic rings. The van der Waals surface area contributed by atoms with Crippen molar-refractivity contribution in [3.05, 3.63) is 69.3 Å². The Kier molecular flexibility index (Phi) is 3.40. The van der Waals surface area contributed by atoms with E-state index in [1.165, 1.54) is 0 Å². The third-order valence-corrected chi connectivity index (χ3v) is 4.12. The predicted molar refractivity (Wildman–Crippen MR) is 85.5 cm³/mol. The SMILES string of the molecule is Cn1cc(C(=O)c2ccc(Br)cc2Cl)c2ccccc21. The molecule has 0 atom stereocenters. The molecular weight excluding hydrogens is 338 g/mol. The summed E-state index contributed by atoms with van der Waals surface area (Å²) < 4.78 is 2.81. The number of hydrogen-bond acceptors (Lipinski definition) is 1. The zero-order chi connectivity index (χ0) is 14.3. The summed E-state index contributed by atoms with van der Waals surface area (Å²) in [4.78, 5) is 12.7. The summed E-state index contributed by atoms with van der Waals surface area (Å²) >= 11 is 9.52. The van der Waals surface area contributed by atoms with Crippen molar-refractivity contribution in [1.29, 1.82) is 0 Å². The molecule has 0 aliphatic carbocycles. The molecule has 20 heavy (non-hydrogen) atoms. The van der Waals surface area contributed by atoms with Gasteiger partial charge in [0.05, 0.1) is 5.02 Å². The van der Waals surface area contributed by atoms with E-state index in [1.54, 1.807) is 12.1 Å². The molecule has 0 spiro atoms. The number of benzene rings is 2. The van der Waals surface area contributed by atoms with Gasteiger partial charge >= 0.3 is 0 Å². The Hall–Kier alpha value is -1.58. The fourth-order valence-electron chi connectivity index (χ4n) is 2.34. The summed E-state index contributed by atoms with van der Waals surface area (Å²) in [5.41, 5.74) is 2.22. The molecule has 0 aliphatic rings. The Labute approximate surface area is 130 Å². The number of hydrogen-bond donors (Lipinski definition) is 0. The smallest absolute Gasteiger partial charge is 0.196 e. The second-order valence-electron chi connectivity index (χ2n) is 4.62. The minimum Gasteiger partial charge on any atom is -0.350 e. The van der Waals surface area contributed by atoms with E-state index in [0.717, 1.165) is 15.4 Å². The molecule has 0 bridgehead atoms. The van der Waals surface area contributed by atoms with Gasteiger partial charge < -0.3 is 4.57 Å². The lowest BCUT2D eigenvalue weighted by molar-refractivity contribution is 0.104. The molecule has 0 radical (unpaired) electrons. The molecule has 0 aliphatic heterocycles. The summed E-state index contributed by atoms with van der Waals surface area (Å²) in [6.45, 7) is 0. The van der Waals surface area contributed by atoms with Crippen LogP contribution in [0.4, 0.5) is 0 Å². The third kappa shape index (κ3) is 2.17. The Morgan fingerprint density at radius 1 is 1.15 bits per heavy atom. The highest BCUT2D eigenvalue weighted by Crippen LogP contribution is 2.27. The molecule has 2 aromatic carbocycles. The monoisotopic (exact) mass is 347 g/mol. The summed E-state index contributed by atoms with van der Waals surface area (Å²) in [5, 5.41) is 1.40. The van der Waals surface area contributed by atoms with Crippen LogP contribution in [0.3, 0.4) is 0 Å². The first-order valence-electron chi connectivity index (χ1n) is 6.12. The lowest BCUT2D eigenvalue weighted by atomic mass is 10.0. The molecule has 0 unspecified atom stereocenters. The van der Waals surface area contributed by atoms with E-state index in [2.05, 4.69) is 15.9 Å². The zero-order valence-electron chi connectivity index (χ0n) is 10.7. The quantitative estimate of drug-likeness (QED) is 0.608. The number of aryl methyl sites for hydroxylation is 1. The highest BCUT2D eigenvalue weighted by molar-refractivity contribution is 9.10. The predicted octanol–water partition coefficient (Wildman–Crippen LogP) is 4.83. The second kappa shape index (κ2) is 5.08. The van der Waals surface area contributed by atoms with Gasteiger partial charge in [0.1, 0.15) is 0 Å². The normalized spacial score (nSPS) is 10.9. The molecule has 0 fully saturated rings. The van der Waals surface area contributed by atoms with Crippen LogP contribution in [0.15, 0.2) is 53.1 Å². The fourth-order valence-corrected chi connectivity index (χ4v) is 3.10. The maximum Gasteiger partial charge on any atom is 0.196 e. The molecule has 4 heteroatoms. The second-order valence-corrected chi connectivity index (χ2v) is 5.95. The van der Waals surface area contributed by atoms with Gasteiger partial charge in [0, 0.05) is 39.7 Å². The number of aromatic nitrogens is 1. The number of ketones is 1. The largest absolute Gasteiger partial charge is 0.350 e. The van der Waals surface area contributed by atoms with Crippen LogP contribution in [0, 0.1) is 0 Å². The highest BCUT2D eigenvalue weighted by atomic mass is 79.9. The van der Waals surface area contributed by atoms with Crippen molar-refractivity contribution < 1.29 is 4.79 Å². The minimum atomic E-state index is -0.0562. The van der Waals surface area contributed by atoms with Crippen molar-refractivity contribution in [2.24, 2.45) is 7.05 Å². The number of rotatable bonds is 2. The number of carbonyl (C=O) groups excluding carboxylic acids is 1. The van der Waals surface area contributed by atoms with Gasteiger partial charge in [-0.2, -0.15) is 0 Å². The number of halogens is 2. The maximum absolute atomic E-state index is 12.7. The Balaban J connectivity index is 2.18. The van der Waals surface area contributed by atoms with Gasteiger partial charge in [0.2, 0.25) is 0 Å². The molecule has 0 amide bonds. The lowest BCUT2D eigenvalue weighted by Gasteiger charge is -2.03. The molecule has 0 saturated carbocycles. The van der Waals surface area contributed by atoms with Gasteiger partial charge in [-0.3, -0.25) is 4.79 Å². The van der Waals surface area contributed by atoms with Gasteiger partial charge in [0.15, 0.2) is 5.78 Å². The van der Waals surface area contributed by atoms with Crippen LogP contribution in [0.25, 0.3) is 10.9 Å². The molecule has 1 heterocycles. The summed E-state index contributed by atoms with van der Waals surface area (Å²) in [6.07, 6.45) is 1.85. The van der Waals surface area contributed by atoms with E-state index in [9.17, 15) is 4.79 Å².